The summed E-state index contributed by atoms with van der Waals surface area (Å²) in [6.07, 6.45) is 6.62. The van der Waals surface area contributed by atoms with Crippen molar-refractivity contribution in [3.05, 3.63) is 0 Å². The Morgan fingerprint density at radius 3 is 1.95 bits per heavy atom. The third-order valence-corrected chi connectivity index (χ3v) is 4.51. The minimum Gasteiger partial charge on any atom is -0.481 e. The van der Waals surface area contributed by atoms with Crippen LogP contribution < -0.4 is 0 Å². The Hall–Kier alpha value is -1.06. The zero-order valence-electron chi connectivity index (χ0n) is 12.0. The van der Waals surface area contributed by atoms with Crippen molar-refractivity contribution in [2.75, 3.05) is 0 Å². The van der Waals surface area contributed by atoms with Gasteiger partial charge in [-0.3, -0.25) is 9.59 Å². The first-order chi connectivity index (χ1) is 8.93. The van der Waals surface area contributed by atoms with Crippen LogP contribution in [-0.4, -0.2) is 22.2 Å². The standard InChI is InChI=1S/C8H14O2.C7H12O2/c1-6-3-2-4-7(6)5-8(9)10;1-2-5-3-6(5)4-7(8)9/h6-7H,2-5H2,1H3,(H,9,10);5-6H,2-4H2,1H3,(H,8,9). The Bertz CT molecular complexity index is 313. The molecular weight excluding hydrogens is 244 g/mol. The summed E-state index contributed by atoms with van der Waals surface area (Å²) in [5.41, 5.74) is 0. The van der Waals surface area contributed by atoms with Crippen LogP contribution in [-0.2, 0) is 9.59 Å². The van der Waals surface area contributed by atoms with Crippen molar-refractivity contribution in [2.45, 2.75) is 58.8 Å². The summed E-state index contributed by atoms with van der Waals surface area (Å²) in [5.74, 6) is 1.04. The molecular formula is C15H26O4. The van der Waals surface area contributed by atoms with Crippen LogP contribution >= 0.6 is 0 Å². The SMILES string of the molecule is CC1CCCC1CC(=O)O.CCC1CC1CC(=O)O. The smallest absolute Gasteiger partial charge is 0.303 e. The van der Waals surface area contributed by atoms with E-state index in [1.807, 2.05) is 0 Å². The number of aliphatic carboxylic acids is 2. The first-order valence-electron chi connectivity index (χ1n) is 7.37. The zero-order valence-corrected chi connectivity index (χ0v) is 12.0. The van der Waals surface area contributed by atoms with Gasteiger partial charge in [-0.25, -0.2) is 0 Å². The van der Waals surface area contributed by atoms with Crippen molar-refractivity contribution in [1.29, 1.82) is 0 Å². The molecule has 0 saturated heterocycles. The lowest BCUT2D eigenvalue weighted by molar-refractivity contribution is -0.139. The van der Waals surface area contributed by atoms with Gasteiger partial charge in [-0.15, -0.1) is 0 Å². The van der Waals surface area contributed by atoms with Gasteiger partial charge < -0.3 is 10.2 Å². The predicted octanol–water partition coefficient (Wildman–Crippen LogP) is 3.40. The Morgan fingerprint density at radius 2 is 1.58 bits per heavy atom. The van der Waals surface area contributed by atoms with Crippen molar-refractivity contribution >= 4 is 11.9 Å². The molecule has 4 heteroatoms. The molecule has 4 unspecified atom stereocenters. The number of carboxylic acid groups (broad SMARTS) is 2. The summed E-state index contributed by atoms with van der Waals surface area (Å²) in [6.45, 7) is 4.27. The fraction of sp³-hybridized carbons (Fsp3) is 0.867. The highest BCUT2D eigenvalue weighted by Gasteiger charge is 2.36. The Balaban J connectivity index is 0.000000191. The molecule has 0 aliphatic heterocycles. The lowest BCUT2D eigenvalue weighted by Crippen LogP contribution is -2.09. The molecule has 4 nitrogen and oxygen atoms in total. The first-order valence-corrected chi connectivity index (χ1v) is 7.37. The van der Waals surface area contributed by atoms with Crippen molar-refractivity contribution in [2.24, 2.45) is 23.7 Å². The number of carbonyl (C=O) groups is 2. The average Bonchev–Trinajstić information content (AvgIpc) is 2.94. The van der Waals surface area contributed by atoms with Crippen LogP contribution in [0.2, 0.25) is 0 Å². The normalized spacial score (nSPS) is 32.3. The monoisotopic (exact) mass is 270 g/mol. The third kappa shape index (κ3) is 6.08. The van der Waals surface area contributed by atoms with Gasteiger partial charge in [0, 0.05) is 12.8 Å². The van der Waals surface area contributed by atoms with E-state index in [0.29, 0.717) is 30.6 Å². The van der Waals surface area contributed by atoms with E-state index in [-0.39, 0.29) is 0 Å². The van der Waals surface area contributed by atoms with Crippen molar-refractivity contribution in [3.8, 4) is 0 Å². The molecule has 2 N–H and O–H groups in total. The summed E-state index contributed by atoms with van der Waals surface area (Å²) in [5, 5.41) is 16.8. The lowest BCUT2D eigenvalue weighted by atomic mass is 9.95. The van der Waals surface area contributed by atoms with Gasteiger partial charge >= 0.3 is 11.9 Å². The van der Waals surface area contributed by atoms with Gasteiger partial charge in [0.25, 0.3) is 0 Å². The van der Waals surface area contributed by atoms with E-state index in [9.17, 15) is 9.59 Å². The van der Waals surface area contributed by atoms with Crippen molar-refractivity contribution < 1.29 is 19.8 Å². The molecule has 0 spiro atoms. The second-order valence-corrected chi connectivity index (χ2v) is 6.03. The van der Waals surface area contributed by atoms with Crippen LogP contribution in [0.4, 0.5) is 0 Å². The summed E-state index contributed by atoms with van der Waals surface area (Å²) in [7, 11) is 0. The van der Waals surface area contributed by atoms with Crippen LogP contribution in [0.15, 0.2) is 0 Å². The van der Waals surface area contributed by atoms with E-state index < -0.39 is 11.9 Å². The van der Waals surface area contributed by atoms with Crippen LogP contribution in [0, 0.1) is 23.7 Å². The third-order valence-electron chi connectivity index (χ3n) is 4.51. The van der Waals surface area contributed by atoms with E-state index >= 15 is 0 Å². The van der Waals surface area contributed by atoms with E-state index in [1.165, 1.54) is 12.8 Å². The van der Waals surface area contributed by atoms with E-state index in [0.717, 1.165) is 25.2 Å². The van der Waals surface area contributed by atoms with Crippen molar-refractivity contribution in [3.63, 3.8) is 0 Å². The molecule has 0 aromatic carbocycles. The predicted molar refractivity (Wildman–Crippen MR) is 72.9 cm³/mol. The molecule has 0 amide bonds. The summed E-state index contributed by atoms with van der Waals surface area (Å²) >= 11 is 0. The topological polar surface area (TPSA) is 74.6 Å². The highest BCUT2D eigenvalue weighted by Crippen LogP contribution is 2.43. The van der Waals surface area contributed by atoms with Gasteiger partial charge in [-0.1, -0.05) is 33.1 Å². The molecule has 2 fully saturated rings. The quantitative estimate of drug-likeness (QED) is 0.802. The van der Waals surface area contributed by atoms with Gasteiger partial charge in [0.2, 0.25) is 0 Å². The molecule has 2 aliphatic carbocycles. The summed E-state index contributed by atoms with van der Waals surface area (Å²) in [6, 6.07) is 0. The fourth-order valence-corrected chi connectivity index (χ4v) is 3.03. The maximum absolute atomic E-state index is 10.3. The molecule has 0 aromatic heterocycles. The molecule has 110 valence electrons. The molecule has 19 heavy (non-hydrogen) atoms. The fourth-order valence-electron chi connectivity index (χ4n) is 3.03. The van der Waals surface area contributed by atoms with E-state index in [2.05, 4.69) is 13.8 Å². The Kier molecular flexibility index (Phi) is 6.32. The Morgan fingerprint density at radius 1 is 1.00 bits per heavy atom. The summed E-state index contributed by atoms with van der Waals surface area (Å²) < 4.78 is 0. The van der Waals surface area contributed by atoms with Gasteiger partial charge in [0.05, 0.1) is 0 Å². The highest BCUT2D eigenvalue weighted by molar-refractivity contribution is 5.67. The molecule has 0 aromatic rings. The maximum atomic E-state index is 10.3. The lowest BCUT2D eigenvalue weighted by Gasteiger charge is -2.10. The summed E-state index contributed by atoms with van der Waals surface area (Å²) in [4.78, 5) is 20.4. The number of hydrogen-bond donors (Lipinski definition) is 2. The van der Waals surface area contributed by atoms with Crippen LogP contribution in [0.1, 0.15) is 58.8 Å². The Labute approximate surface area is 115 Å². The molecule has 2 aliphatic rings. The van der Waals surface area contributed by atoms with Crippen molar-refractivity contribution in [1.82, 2.24) is 0 Å². The number of carboxylic acids is 2. The maximum Gasteiger partial charge on any atom is 0.303 e. The highest BCUT2D eigenvalue weighted by atomic mass is 16.4. The number of hydrogen-bond acceptors (Lipinski definition) is 2. The molecule has 4 atom stereocenters. The first kappa shape index (κ1) is 16.0. The number of rotatable bonds is 5. The van der Waals surface area contributed by atoms with E-state index in [4.69, 9.17) is 10.2 Å². The second-order valence-electron chi connectivity index (χ2n) is 6.03. The van der Waals surface area contributed by atoms with Gasteiger partial charge in [-0.05, 0) is 36.5 Å². The second kappa shape index (κ2) is 7.51. The largest absolute Gasteiger partial charge is 0.481 e. The average molecular weight is 270 g/mol. The van der Waals surface area contributed by atoms with Crippen LogP contribution in [0.25, 0.3) is 0 Å². The van der Waals surface area contributed by atoms with Crippen LogP contribution in [0.5, 0.6) is 0 Å². The molecule has 0 radical (unpaired) electrons. The zero-order chi connectivity index (χ0) is 14.4. The van der Waals surface area contributed by atoms with Crippen LogP contribution in [0.3, 0.4) is 0 Å². The molecule has 0 bridgehead atoms. The minimum absolute atomic E-state index is 0.376. The molecule has 0 heterocycles. The van der Waals surface area contributed by atoms with Gasteiger partial charge in [0.1, 0.15) is 0 Å². The minimum atomic E-state index is -0.643. The van der Waals surface area contributed by atoms with E-state index in [1.54, 1.807) is 0 Å². The molecule has 2 rings (SSSR count). The van der Waals surface area contributed by atoms with Gasteiger partial charge in [0.15, 0.2) is 0 Å². The van der Waals surface area contributed by atoms with Gasteiger partial charge in [-0.2, -0.15) is 0 Å². The molecule has 2 saturated carbocycles.